The molecule has 2 heterocycles. The number of aromatic nitrogens is 1. The van der Waals surface area contributed by atoms with E-state index in [4.69, 9.17) is 16.3 Å². The van der Waals surface area contributed by atoms with Gasteiger partial charge in [0.05, 0.1) is 11.7 Å². The van der Waals surface area contributed by atoms with Gasteiger partial charge in [0.25, 0.3) is 0 Å². The van der Waals surface area contributed by atoms with Crippen molar-refractivity contribution in [2.75, 3.05) is 11.9 Å². The topological polar surface area (TPSA) is 54.5 Å². The quantitative estimate of drug-likeness (QED) is 0.600. The summed E-state index contributed by atoms with van der Waals surface area (Å²) < 4.78 is 5.94. The number of anilines is 1. The van der Waals surface area contributed by atoms with Crippen LogP contribution in [0, 0.1) is 0 Å². The number of amides is 2. The van der Waals surface area contributed by atoms with Gasteiger partial charge in [-0.15, -0.1) is 0 Å². The molecule has 3 aromatic rings. The number of nitrogens with one attached hydrogen (secondary N) is 1. The summed E-state index contributed by atoms with van der Waals surface area (Å²) >= 11 is 6.16. The van der Waals surface area contributed by atoms with E-state index in [1.807, 2.05) is 47.4 Å². The van der Waals surface area contributed by atoms with E-state index in [0.29, 0.717) is 28.8 Å². The van der Waals surface area contributed by atoms with Gasteiger partial charge in [-0.2, -0.15) is 0 Å². The number of ether oxygens (including phenoxy) is 1. The van der Waals surface area contributed by atoms with E-state index in [1.165, 1.54) is 0 Å². The van der Waals surface area contributed by atoms with Crippen molar-refractivity contribution in [1.29, 1.82) is 0 Å². The molecule has 0 radical (unpaired) electrons. The smallest absolute Gasteiger partial charge is 0.322 e. The lowest BCUT2D eigenvalue weighted by Gasteiger charge is -2.25. The molecule has 0 bridgehead atoms. The maximum absolute atomic E-state index is 13.0. The lowest BCUT2D eigenvalue weighted by atomic mass is 10.1. The highest BCUT2D eigenvalue weighted by molar-refractivity contribution is 6.31. The third-order valence-electron chi connectivity index (χ3n) is 4.76. The van der Waals surface area contributed by atoms with Gasteiger partial charge in [0.1, 0.15) is 5.75 Å². The fraction of sp³-hybridized carbons (Fsp3) is 0.182. The molecular formula is C22H20ClN3O2. The number of hydrogen-bond acceptors (Lipinski definition) is 3. The Morgan fingerprint density at radius 3 is 2.68 bits per heavy atom. The first-order chi connectivity index (χ1) is 13.7. The number of likely N-dealkylation sites (tertiary alicyclic amines) is 1. The Balaban J connectivity index is 1.55. The summed E-state index contributed by atoms with van der Waals surface area (Å²) in [5.74, 6) is 1.24. The molecule has 0 spiro atoms. The van der Waals surface area contributed by atoms with E-state index in [2.05, 4.69) is 10.3 Å². The van der Waals surface area contributed by atoms with Gasteiger partial charge >= 0.3 is 6.03 Å². The van der Waals surface area contributed by atoms with Crippen molar-refractivity contribution in [2.45, 2.75) is 18.9 Å². The minimum absolute atomic E-state index is 0.0423. The first kappa shape index (κ1) is 18.3. The van der Waals surface area contributed by atoms with E-state index in [9.17, 15) is 4.79 Å². The summed E-state index contributed by atoms with van der Waals surface area (Å²) in [6.45, 7) is 0.703. The van der Waals surface area contributed by atoms with Crippen molar-refractivity contribution >= 4 is 23.3 Å². The van der Waals surface area contributed by atoms with Crippen LogP contribution in [0.2, 0.25) is 5.02 Å². The molecule has 142 valence electrons. The Morgan fingerprint density at radius 2 is 1.89 bits per heavy atom. The average molecular weight is 394 g/mol. The summed E-state index contributed by atoms with van der Waals surface area (Å²) in [4.78, 5) is 18.9. The highest BCUT2D eigenvalue weighted by Gasteiger charge is 2.30. The number of pyridine rings is 1. The number of nitrogens with zero attached hydrogens (tertiary/aromatic N) is 2. The summed E-state index contributed by atoms with van der Waals surface area (Å²) in [6, 6.07) is 18.4. The Morgan fingerprint density at radius 1 is 1.11 bits per heavy atom. The molecule has 1 aliphatic heterocycles. The van der Waals surface area contributed by atoms with Crippen LogP contribution in [0.4, 0.5) is 10.5 Å². The first-order valence-electron chi connectivity index (χ1n) is 9.21. The molecule has 28 heavy (non-hydrogen) atoms. The van der Waals surface area contributed by atoms with Crippen molar-refractivity contribution in [3.63, 3.8) is 0 Å². The molecule has 1 saturated heterocycles. The molecule has 1 aromatic heterocycles. The number of carbonyl (C=O) groups is 1. The van der Waals surface area contributed by atoms with E-state index < -0.39 is 0 Å². The van der Waals surface area contributed by atoms with Gasteiger partial charge in [-0.3, -0.25) is 4.98 Å². The highest BCUT2D eigenvalue weighted by Crippen LogP contribution is 2.35. The zero-order chi connectivity index (χ0) is 19.3. The van der Waals surface area contributed by atoms with Crippen LogP contribution < -0.4 is 10.1 Å². The number of halogens is 1. The zero-order valence-electron chi connectivity index (χ0n) is 15.2. The van der Waals surface area contributed by atoms with Gasteiger partial charge in [-0.25, -0.2) is 4.79 Å². The Hall–Kier alpha value is -3.05. The van der Waals surface area contributed by atoms with Crippen LogP contribution in [0.1, 0.15) is 24.4 Å². The second-order valence-electron chi connectivity index (χ2n) is 6.62. The summed E-state index contributed by atoms with van der Waals surface area (Å²) in [7, 11) is 0. The third kappa shape index (κ3) is 4.10. The average Bonchev–Trinajstić information content (AvgIpc) is 3.22. The molecule has 1 fully saturated rings. The van der Waals surface area contributed by atoms with Gasteiger partial charge in [-0.1, -0.05) is 29.8 Å². The van der Waals surface area contributed by atoms with Crippen molar-refractivity contribution < 1.29 is 9.53 Å². The normalized spacial score (nSPS) is 16.0. The Bertz CT molecular complexity index is 951. The minimum Gasteiger partial charge on any atom is -0.455 e. The molecule has 4 rings (SSSR count). The number of para-hydroxylation sites is 1. The van der Waals surface area contributed by atoms with Gasteiger partial charge in [0, 0.05) is 24.0 Å². The largest absolute Gasteiger partial charge is 0.455 e. The molecule has 2 amide bonds. The van der Waals surface area contributed by atoms with Crippen LogP contribution in [0.5, 0.6) is 11.5 Å². The van der Waals surface area contributed by atoms with Crippen molar-refractivity contribution in [3.05, 3.63) is 83.6 Å². The summed E-state index contributed by atoms with van der Waals surface area (Å²) in [5.41, 5.74) is 1.64. The summed E-state index contributed by atoms with van der Waals surface area (Å²) in [6.07, 6.45) is 5.41. The van der Waals surface area contributed by atoms with Crippen molar-refractivity contribution in [3.8, 4) is 11.5 Å². The van der Waals surface area contributed by atoms with Gasteiger partial charge < -0.3 is 15.0 Å². The molecule has 0 unspecified atom stereocenters. The van der Waals surface area contributed by atoms with E-state index in [-0.39, 0.29) is 12.1 Å². The first-order valence-corrected chi connectivity index (χ1v) is 9.58. The number of benzene rings is 2. The predicted molar refractivity (Wildman–Crippen MR) is 110 cm³/mol. The molecule has 6 heteroatoms. The number of rotatable bonds is 4. The maximum atomic E-state index is 13.0. The monoisotopic (exact) mass is 393 g/mol. The van der Waals surface area contributed by atoms with E-state index >= 15 is 0 Å². The molecule has 5 nitrogen and oxygen atoms in total. The lowest BCUT2D eigenvalue weighted by molar-refractivity contribution is 0.207. The van der Waals surface area contributed by atoms with Crippen LogP contribution in [0.25, 0.3) is 0 Å². The molecule has 2 aromatic carbocycles. The minimum atomic E-state index is -0.167. The van der Waals surface area contributed by atoms with E-state index in [1.54, 1.807) is 30.6 Å². The molecule has 1 N–H and O–H groups in total. The molecule has 1 aliphatic rings. The Labute approximate surface area is 168 Å². The third-order valence-corrected chi connectivity index (χ3v) is 4.99. The van der Waals surface area contributed by atoms with Crippen LogP contribution in [-0.2, 0) is 0 Å². The SMILES string of the molecule is O=C(Nc1cc(Cl)ccc1Oc1ccccc1)N1CCC[C@H]1c1ccncc1. The molecular weight excluding hydrogens is 374 g/mol. The molecule has 1 atom stereocenters. The highest BCUT2D eigenvalue weighted by atomic mass is 35.5. The van der Waals surface area contributed by atoms with Crippen LogP contribution >= 0.6 is 11.6 Å². The van der Waals surface area contributed by atoms with Crippen molar-refractivity contribution in [1.82, 2.24) is 9.88 Å². The van der Waals surface area contributed by atoms with Crippen molar-refractivity contribution in [2.24, 2.45) is 0 Å². The second kappa shape index (κ2) is 8.31. The number of hydrogen-bond donors (Lipinski definition) is 1. The van der Waals surface area contributed by atoms with Gasteiger partial charge in [-0.05, 0) is 60.9 Å². The maximum Gasteiger partial charge on any atom is 0.322 e. The molecule has 0 aliphatic carbocycles. The summed E-state index contributed by atoms with van der Waals surface area (Å²) in [5, 5.41) is 3.51. The number of carbonyl (C=O) groups excluding carboxylic acids is 1. The Kier molecular flexibility index (Phi) is 5.44. The van der Waals surface area contributed by atoms with Gasteiger partial charge in [0.2, 0.25) is 0 Å². The fourth-order valence-electron chi connectivity index (χ4n) is 3.43. The standard InChI is InChI=1S/C22H20ClN3O2/c23-17-8-9-21(28-18-5-2-1-3-6-18)19(15-17)25-22(27)26-14-4-7-20(26)16-10-12-24-13-11-16/h1-3,5-6,8-13,15,20H,4,7,14H2,(H,25,27)/t20-/m0/s1. The van der Waals surface area contributed by atoms with Crippen LogP contribution in [0.3, 0.4) is 0 Å². The van der Waals surface area contributed by atoms with Gasteiger partial charge in [0.15, 0.2) is 5.75 Å². The van der Waals surface area contributed by atoms with E-state index in [0.717, 1.165) is 18.4 Å². The second-order valence-corrected chi connectivity index (χ2v) is 7.05. The zero-order valence-corrected chi connectivity index (χ0v) is 16.0. The lowest BCUT2D eigenvalue weighted by Crippen LogP contribution is -2.34. The molecule has 0 saturated carbocycles. The fourth-order valence-corrected chi connectivity index (χ4v) is 3.61. The predicted octanol–water partition coefficient (Wildman–Crippen LogP) is 5.90. The number of urea groups is 1. The van der Waals surface area contributed by atoms with Crippen LogP contribution in [0.15, 0.2) is 73.1 Å². The van der Waals surface area contributed by atoms with Crippen LogP contribution in [-0.4, -0.2) is 22.5 Å².